The first-order chi connectivity index (χ1) is 9.15. The van der Waals surface area contributed by atoms with Crippen LogP contribution in [0.15, 0.2) is 23.1 Å². The van der Waals surface area contributed by atoms with Gasteiger partial charge >= 0.3 is 0 Å². The van der Waals surface area contributed by atoms with Gasteiger partial charge in [-0.05, 0) is 30.5 Å². The minimum absolute atomic E-state index is 0.412. The maximum absolute atomic E-state index is 6.11. The third-order valence-corrected chi connectivity index (χ3v) is 4.64. The average molecular weight is 300 g/mol. The summed E-state index contributed by atoms with van der Waals surface area (Å²) < 4.78 is 5.67. The van der Waals surface area contributed by atoms with Gasteiger partial charge < -0.3 is 10.1 Å². The maximum Gasteiger partial charge on any atom is 0.0669 e. The van der Waals surface area contributed by atoms with E-state index in [0.29, 0.717) is 12.1 Å². The van der Waals surface area contributed by atoms with Crippen molar-refractivity contribution in [2.24, 2.45) is 0 Å². The van der Waals surface area contributed by atoms with E-state index in [1.165, 1.54) is 23.3 Å². The molecule has 1 atom stereocenters. The Morgan fingerprint density at radius 3 is 3.00 bits per heavy atom. The van der Waals surface area contributed by atoms with Crippen molar-refractivity contribution in [1.29, 1.82) is 0 Å². The lowest BCUT2D eigenvalue weighted by Crippen LogP contribution is -2.22. The van der Waals surface area contributed by atoms with Gasteiger partial charge in [-0.1, -0.05) is 31.5 Å². The predicted octanol–water partition coefficient (Wildman–Crippen LogP) is 4.11. The Morgan fingerprint density at radius 1 is 1.47 bits per heavy atom. The molecule has 1 saturated heterocycles. The molecule has 0 bridgehead atoms. The first-order valence-electron chi connectivity index (χ1n) is 6.91. The zero-order valence-electron chi connectivity index (χ0n) is 11.6. The first-order valence-corrected chi connectivity index (χ1v) is 8.27. The van der Waals surface area contributed by atoms with Crippen LogP contribution in [0.5, 0.6) is 0 Å². The van der Waals surface area contributed by atoms with Gasteiger partial charge in [-0.2, -0.15) is 0 Å². The van der Waals surface area contributed by atoms with Crippen LogP contribution in [-0.4, -0.2) is 24.5 Å². The summed E-state index contributed by atoms with van der Waals surface area (Å²) in [5.41, 5.74) is 1.32. The minimum atomic E-state index is 0.412. The van der Waals surface area contributed by atoms with Gasteiger partial charge in [-0.15, -0.1) is 11.8 Å². The molecule has 4 heteroatoms. The Bertz CT molecular complexity index is 405. The van der Waals surface area contributed by atoms with Crippen LogP contribution in [0, 0.1) is 0 Å². The van der Waals surface area contributed by atoms with Crippen LogP contribution in [-0.2, 0) is 11.3 Å². The molecule has 2 rings (SSSR count). The van der Waals surface area contributed by atoms with Crippen LogP contribution >= 0.6 is 23.4 Å². The van der Waals surface area contributed by atoms with Crippen molar-refractivity contribution in [1.82, 2.24) is 5.32 Å². The molecule has 1 unspecified atom stereocenters. The van der Waals surface area contributed by atoms with E-state index in [4.69, 9.17) is 16.3 Å². The Balaban J connectivity index is 1.97. The van der Waals surface area contributed by atoms with Gasteiger partial charge in [-0.25, -0.2) is 0 Å². The summed E-state index contributed by atoms with van der Waals surface area (Å²) in [6, 6.07) is 6.65. The van der Waals surface area contributed by atoms with Gasteiger partial charge in [-0.3, -0.25) is 0 Å². The topological polar surface area (TPSA) is 21.3 Å². The SMILES string of the molecule is CC(C)NCc1ccc(Cl)cc1SCC1CCCO1. The van der Waals surface area contributed by atoms with Gasteiger partial charge in [0.25, 0.3) is 0 Å². The second kappa shape index (κ2) is 7.53. The van der Waals surface area contributed by atoms with Crippen molar-refractivity contribution < 1.29 is 4.74 Å². The third kappa shape index (κ3) is 4.99. The summed E-state index contributed by atoms with van der Waals surface area (Å²) in [7, 11) is 0. The molecule has 1 aliphatic heterocycles. The van der Waals surface area contributed by atoms with Crippen LogP contribution < -0.4 is 5.32 Å². The average Bonchev–Trinajstić information content (AvgIpc) is 2.88. The summed E-state index contributed by atoms with van der Waals surface area (Å²) in [5.74, 6) is 1.02. The third-order valence-electron chi connectivity index (χ3n) is 3.18. The van der Waals surface area contributed by atoms with Gasteiger partial charge in [0.05, 0.1) is 6.10 Å². The smallest absolute Gasteiger partial charge is 0.0669 e. The fraction of sp³-hybridized carbons (Fsp3) is 0.600. The van der Waals surface area contributed by atoms with Crippen molar-refractivity contribution >= 4 is 23.4 Å². The Hall–Kier alpha value is -0.220. The summed E-state index contributed by atoms with van der Waals surface area (Å²) in [6.45, 7) is 6.13. The Labute approximate surface area is 125 Å². The van der Waals surface area contributed by atoms with Crippen molar-refractivity contribution in [3.05, 3.63) is 28.8 Å². The number of hydrogen-bond donors (Lipinski definition) is 1. The lowest BCUT2D eigenvalue weighted by atomic mass is 10.2. The van der Waals surface area contributed by atoms with Crippen LogP contribution in [0.1, 0.15) is 32.3 Å². The molecule has 106 valence electrons. The molecule has 2 nitrogen and oxygen atoms in total. The molecule has 0 saturated carbocycles. The lowest BCUT2D eigenvalue weighted by Gasteiger charge is -2.14. The van der Waals surface area contributed by atoms with Crippen LogP contribution in [0.3, 0.4) is 0 Å². The number of thioether (sulfide) groups is 1. The second-order valence-corrected chi connectivity index (χ2v) is 6.73. The van der Waals surface area contributed by atoms with E-state index in [2.05, 4.69) is 31.3 Å². The number of ether oxygens (including phenoxy) is 1. The van der Waals surface area contributed by atoms with E-state index in [1.807, 2.05) is 17.8 Å². The summed E-state index contributed by atoms with van der Waals surface area (Å²) >= 11 is 7.97. The Kier molecular flexibility index (Phi) is 6.02. The molecule has 19 heavy (non-hydrogen) atoms. The van der Waals surface area contributed by atoms with Crippen molar-refractivity contribution in [3.8, 4) is 0 Å². The zero-order valence-corrected chi connectivity index (χ0v) is 13.2. The molecule has 1 aromatic rings. The number of nitrogens with one attached hydrogen (secondary N) is 1. The van der Waals surface area contributed by atoms with E-state index in [9.17, 15) is 0 Å². The molecule has 1 N–H and O–H groups in total. The summed E-state index contributed by atoms with van der Waals surface area (Å²) in [6.07, 6.45) is 2.80. The number of benzene rings is 1. The largest absolute Gasteiger partial charge is 0.377 e. The standard InChI is InChI=1S/C15H22ClNOS/c1-11(2)17-9-12-5-6-13(16)8-15(12)19-10-14-4-3-7-18-14/h5-6,8,11,14,17H,3-4,7,9-10H2,1-2H3. The highest BCUT2D eigenvalue weighted by Gasteiger charge is 2.16. The van der Waals surface area contributed by atoms with E-state index >= 15 is 0 Å². The molecular weight excluding hydrogens is 278 g/mol. The van der Waals surface area contributed by atoms with E-state index in [0.717, 1.165) is 23.9 Å². The minimum Gasteiger partial charge on any atom is -0.377 e. The van der Waals surface area contributed by atoms with Crippen molar-refractivity contribution in [2.75, 3.05) is 12.4 Å². The lowest BCUT2D eigenvalue weighted by molar-refractivity contribution is 0.129. The van der Waals surface area contributed by atoms with Crippen LogP contribution in [0.4, 0.5) is 0 Å². The summed E-state index contributed by atoms with van der Waals surface area (Å²) in [5, 5.41) is 4.27. The van der Waals surface area contributed by atoms with Gasteiger partial charge in [0.1, 0.15) is 0 Å². The normalized spacial score (nSPS) is 19.3. The zero-order chi connectivity index (χ0) is 13.7. The molecule has 1 fully saturated rings. The van der Waals surface area contributed by atoms with Gasteiger partial charge in [0, 0.05) is 34.9 Å². The highest BCUT2D eigenvalue weighted by atomic mass is 35.5. The highest BCUT2D eigenvalue weighted by molar-refractivity contribution is 7.99. The fourth-order valence-corrected chi connectivity index (χ4v) is 3.48. The number of halogens is 1. The predicted molar refractivity (Wildman–Crippen MR) is 83.1 cm³/mol. The van der Waals surface area contributed by atoms with Gasteiger partial charge in [0.2, 0.25) is 0 Å². The monoisotopic (exact) mass is 299 g/mol. The maximum atomic E-state index is 6.11. The van der Waals surface area contributed by atoms with Crippen LogP contribution in [0.2, 0.25) is 5.02 Å². The molecule has 1 heterocycles. The molecule has 0 aliphatic carbocycles. The van der Waals surface area contributed by atoms with E-state index in [1.54, 1.807) is 0 Å². The molecule has 0 spiro atoms. The molecule has 0 radical (unpaired) electrons. The second-order valence-electron chi connectivity index (χ2n) is 5.23. The van der Waals surface area contributed by atoms with E-state index < -0.39 is 0 Å². The highest BCUT2D eigenvalue weighted by Crippen LogP contribution is 2.29. The number of rotatable bonds is 6. The quantitative estimate of drug-likeness (QED) is 0.799. The fourth-order valence-electron chi connectivity index (χ4n) is 2.08. The molecule has 0 aromatic heterocycles. The van der Waals surface area contributed by atoms with Gasteiger partial charge in [0.15, 0.2) is 0 Å². The van der Waals surface area contributed by atoms with E-state index in [-0.39, 0.29) is 0 Å². The molecule has 0 amide bonds. The molecule has 1 aromatic carbocycles. The first kappa shape index (κ1) is 15.2. The molecular formula is C15H22ClNOS. The van der Waals surface area contributed by atoms with Crippen LogP contribution in [0.25, 0.3) is 0 Å². The van der Waals surface area contributed by atoms with Crippen molar-refractivity contribution in [2.45, 2.75) is 50.3 Å². The Morgan fingerprint density at radius 2 is 2.32 bits per heavy atom. The molecule has 1 aliphatic rings. The summed E-state index contributed by atoms with van der Waals surface area (Å²) in [4.78, 5) is 1.27. The number of hydrogen-bond acceptors (Lipinski definition) is 3. The van der Waals surface area contributed by atoms with Crippen molar-refractivity contribution in [3.63, 3.8) is 0 Å².